The van der Waals surface area contributed by atoms with Crippen LogP contribution < -0.4 is 10.1 Å². The highest BCUT2D eigenvalue weighted by Gasteiger charge is 2.12. The van der Waals surface area contributed by atoms with Gasteiger partial charge in [0.25, 0.3) is 5.91 Å². The van der Waals surface area contributed by atoms with Gasteiger partial charge in [-0.2, -0.15) is 5.10 Å². The van der Waals surface area contributed by atoms with E-state index in [9.17, 15) is 4.79 Å². The van der Waals surface area contributed by atoms with Gasteiger partial charge in [0.15, 0.2) is 5.69 Å². The third kappa shape index (κ3) is 5.04. The number of hydrogen-bond acceptors (Lipinski definition) is 4. The number of para-hydroxylation sites is 1. The number of benzene rings is 1. The summed E-state index contributed by atoms with van der Waals surface area (Å²) in [5.41, 5.74) is 2.05. The fourth-order valence-corrected chi connectivity index (χ4v) is 2.33. The van der Waals surface area contributed by atoms with Crippen LogP contribution >= 0.6 is 0 Å². The number of ether oxygens (including phenoxy) is 1. The lowest BCUT2D eigenvalue weighted by molar-refractivity contribution is 0.0946. The van der Waals surface area contributed by atoms with Crippen LogP contribution in [0.4, 0.5) is 0 Å². The zero-order chi connectivity index (χ0) is 18.0. The number of aromatic amines is 1. The second-order valence-corrected chi connectivity index (χ2v) is 5.58. The number of carbonyl (C=O) groups excluding carboxylic acids is 1. The van der Waals surface area contributed by atoms with E-state index in [1.54, 1.807) is 18.6 Å². The highest BCUT2D eigenvalue weighted by Crippen LogP contribution is 2.11. The molecular formula is C20H20N4O2. The molecule has 0 atom stereocenters. The lowest BCUT2D eigenvalue weighted by Gasteiger charge is -2.06. The lowest BCUT2D eigenvalue weighted by Crippen LogP contribution is -2.26. The maximum absolute atomic E-state index is 12.3. The maximum Gasteiger partial charge on any atom is 0.272 e. The number of rotatable bonds is 8. The van der Waals surface area contributed by atoms with Crippen molar-refractivity contribution in [2.45, 2.75) is 6.42 Å². The molecule has 0 fully saturated rings. The van der Waals surface area contributed by atoms with Crippen LogP contribution in [0.1, 0.15) is 28.0 Å². The first-order valence-corrected chi connectivity index (χ1v) is 8.41. The van der Waals surface area contributed by atoms with Crippen LogP contribution in [0, 0.1) is 0 Å². The van der Waals surface area contributed by atoms with E-state index >= 15 is 0 Å². The molecule has 0 saturated carbocycles. The molecule has 0 radical (unpaired) electrons. The standard InChI is InChI=1S/C20H20N4O2/c25-20(22-12-5-13-26-18-7-2-1-3-8-18)19-17(15-23-24-19)10-9-16-6-4-11-21-14-16/h1-4,6-11,14-15H,5,12-13H2,(H,22,25)(H,23,24)/b10-9+. The molecule has 6 heteroatoms. The van der Waals surface area contributed by atoms with E-state index in [0.717, 1.165) is 16.9 Å². The van der Waals surface area contributed by atoms with Crippen molar-refractivity contribution in [3.05, 3.63) is 77.9 Å². The molecule has 1 amide bonds. The van der Waals surface area contributed by atoms with Gasteiger partial charge in [0.2, 0.25) is 0 Å². The summed E-state index contributed by atoms with van der Waals surface area (Å²) >= 11 is 0. The first kappa shape index (κ1) is 17.4. The molecule has 0 bridgehead atoms. The average Bonchev–Trinajstić information content (AvgIpc) is 3.16. The average molecular weight is 348 g/mol. The van der Waals surface area contributed by atoms with E-state index < -0.39 is 0 Å². The van der Waals surface area contributed by atoms with Crippen molar-refractivity contribution in [3.8, 4) is 5.75 Å². The molecule has 3 rings (SSSR count). The number of nitrogens with one attached hydrogen (secondary N) is 2. The van der Waals surface area contributed by atoms with Gasteiger partial charge in [-0.3, -0.25) is 14.9 Å². The summed E-state index contributed by atoms with van der Waals surface area (Å²) in [5, 5.41) is 9.64. The van der Waals surface area contributed by atoms with Gasteiger partial charge in [0.05, 0.1) is 6.61 Å². The summed E-state index contributed by atoms with van der Waals surface area (Å²) in [6.07, 6.45) is 9.61. The minimum Gasteiger partial charge on any atom is -0.494 e. The summed E-state index contributed by atoms with van der Waals surface area (Å²) in [6.45, 7) is 1.06. The predicted molar refractivity (Wildman–Crippen MR) is 101 cm³/mol. The molecule has 2 N–H and O–H groups in total. The summed E-state index contributed by atoms with van der Waals surface area (Å²) in [6, 6.07) is 13.4. The molecule has 0 aliphatic rings. The van der Waals surface area contributed by atoms with Crippen molar-refractivity contribution in [1.82, 2.24) is 20.5 Å². The molecular weight excluding hydrogens is 328 g/mol. The first-order valence-electron chi connectivity index (χ1n) is 8.41. The Labute approximate surface area is 151 Å². The molecule has 132 valence electrons. The number of amides is 1. The van der Waals surface area contributed by atoms with Crippen LogP contribution in [0.15, 0.2) is 61.1 Å². The van der Waals surface area contributed by atoms with Gasteiger partial charge in [0, 0.05) is 30.7 Å². The van der Waals surface area contributed by atoms with Crippen LogP contribution in [0.5, 0.6) is 5.75 Å². The first-order chi connectivity index (χ1) is 12.8. The molecule has 3 aromatic rings. The monoisotopic (exact) mass is 348 g/mol. The van der Waals surface area contributed by atoms with Crippen molar-refractivity contribution >= 4 is 18.1 Å². The third-order valence-electron chi connectivity index (χ3n) is 3.64. The Kier molecular flexibility index (Phi) is 6.14. The van der Waals surface area contributed by atoms with Gasteiger partial charge < -0.3 is 10.1 Å². The van der Waals surface area contributed by atoms with Crippen molar-refractivity contribution < 1.29 is 9.53 Å². The molecule has 1 aromatic carbocycles. The Morgan fingerprint density at radius 2 is 2.04 bits per heavy atom. The second-order valence-electron chi connectivity index (χ2n) is 5.58. The van der Waals surface area contributed by atoms with Crippen LogP contribution in [0.3, 0.4) is 0 Å². The van der Waals surface area contributed by atoms with Gasteiger partial charge in [0.1, 0.15) is 5.75 Å². The molecule has 0 aliphatic carbocycles. The van der Waals surface area contributed by atoms with Crippen LogP contribution in [-0.4, -0.2) is 34.2 Å². The Morgan fingerprint density at radius 1 is 1.15 bits per heavy atom. The van der Waals surface area contributed by atoms with Gasteiger partial charge in [-0.1, -0.05) is 36.4 Å². The largest absolute Gasteiger partial charge is 0.494 e. The van der Waals surface area contributed by atoms with E-state index in [1.165, 1.54) is 0 Å². The van der Waals surface area contributed by atoms with Crippen molar-refractivity contribution in [2.75, 3.05) is 13.2 Å². The summed E-state index contributed by atoms with van der Waals surface area (Å²) in [7, 11) is 0. The van der Waals surface area contributed by atoms with Crippen molar-refractivity contribution in [3.63, 3.8) is 0 Å². The quantitative estimate of drug-likeness (QED) is 0.613. The smallest absolute Gasteiger partial charge is 0.272 e. The topological polar surface area (TPSA) is 79.9 Å². The highest BCUT2D eigenvalue weighted by molar-refractivity contribution is 5.96. The van der Waals surface area contributed by atoms with Gasteiger partial charge in [-0.25, -0.2) is 0 Å². The van der Waals surface area contributed by atoms with E-state index in [0.29, 0.717) is 25.3 Å². The van der Waals surface area contributed by atoms with E-state index in [4.69, 9.17) is 4.74 Å². The number of pyridine rings is 1. The molecule has 0 spiro atoms. The lowest BCUT2D eigenvalue weighted by atomic mass is 10.2. The molecule has 26 heavy (non-hydrogen) atoms. The SMILES string of the molecule is O=C(NCCCOc1ccccc1)c1n[nH]cc1/C=C/c1cccnc1. The Balaban J connectivity index is 1.46. The van der Waals surface area contributed by atoms with Crippen molar-refractivity contribution in [2.24, 2.45) is 0 Å². The zero-order valence-electron chi connectivity index (χ0n) is 14.3. The Bertz CT molecular complexity index is 845. The normalized spacial score (nSPS) is 10.8. The molecule has 0 unspecified atom stereocenters. The number of nitrogens with zero attached hydrogens (tertiary/aromatic N) is 2. The van der Waals surface area contributed by atoms with Crippen LogP contribution in [0.2, 0.25) is 0 Å². The Morgan fingerprint density at radius 3 is 2.85 bits per heavy atom. The summed E-state index contributed by atoms with van der Waals surface area (Å²) in [4.78, 5) is 16.3. The van der Waals surface area contributed by atoms with Crippen molar-refractivity contribution in [1.29, 1.82) is 0 Å². The highest BCUT2D eigenvalue weighted by atomic mass is 16.5. The third-order valence-corrected chi connectivity index (χ3v) is 3.64. The molecule has 0 saturated heterocycles. The van der Waals surface area contributed by atoms with Crippen LogP contribution in [-0.2, 0) is 0 Å². The fourth-order valence-electron chi connectivity index (χ4n) is 2.33. The van der Waals surface area contributed by atoms with E-state index in [-0.39, 0.29) is 5.91 Å². The minimum absolute atomic E-state index is 0.211. The molecule has 6 nitrogen and oxygen atoms in total. The van der Waals surface area contributed by atoms with E-state index in [2.05, 4.69) is 20.5 Å². The minimum atomic E-state index is -0.211. The zero-order valence-corrected chi connectivity index (χ0v) is 14.3. The van der Waals surface area contributed by atoms with Crippen LogP contribution in [0.25, 0.3) is 12.2 Å². The Hall–Kier alpha value is -3.41. The van der Waals surface area contributed by atoms with E-state index in [1.807, 2.05) is 54.6 Å². The molecule has 0 aliphatic heterocycles. The number of H-pyrrole nitrogens is 1. The number of aromatic nitrogens is 3. The molecule has 2 heterocycles. The number of carbonyl (C=O) groups is 1. The summed E-state index contributed by atoms with van der Waals surface area (Å²) in [5.74, 6) is 0.616. The predicted octanol–water partition coefficient (Wildman–Crippen LogP) is 3.17. The van der Waals surface area contributed by atoms with Gasteiger partial charge in [-0.15, -0.1) is 0 Å². The van der Waals surface area contributed by atoms with Gasteiger partial charge in [-0.05, 0) is 30.2 Å². The van der Waals surface area contributed by atoms with Gasteiger partial charge >= 0.3 is 0 Å². The fraction of sp³-hybridized carbons (Fsp3) is 0.150. The maximum atomic E-state index is 12.3. The number of hydrogen-bond donors (Lipinski definition) is 2. The summed E-state index contributed by atoms with van der Waals surface area (Å²) < 4.78 is 5.60. The molecule has 2 aromatic heterocycles. The second kappa shape index (κ2) is 9.17.